The maximum atomic E-state index is 12.9. The monoisotopic (exact) mass is 318 g/mol. The molecule has 0 fully saturated rings. The number of hydrogen-bond acceptors (Lipinski definition) is 5. The minimum Gasteiger partial charge on any atom is -0.440 e. The molecule has 7 heteroatoms. The number of rotatable bonds is 5. The van der Waals surface area contributed by atoms with Crippen LogP contribution < -0.4 is 0 Å². The van der Waals surface area contributed by atoms with Crippen LogP contribution in [0.5, 0.6) is 0 Å². The molecule has 0 saturated heterocycles. The molecule has 114 valence electrons. The van der Waals surface area contributed by atoms with Gasteiger partial charge in [0, 0.05) is 11.6 Å². The second-order valence-electron chi connectivity index (χ2n) is 5.03. The summed E-state index contributed by atoms with van der Waals surface area (Å²) in [5.41, 5.74) is 0.801. The maximum absolute atomic E-state index is 12.9. The first-order valence-corrected chi connectivity index (χ1v) is 7.85. The standard InChI is InChI=1S/C15H15FN4OS/c1-10(2)20-9-18-19-15(20)22-8-14-17-7-13(21-14)11-3-5-12(16)6-4-11/h3-7,9-10H,8H2,1-2H3. The van der Waals surface area contributed by atoms with Crippen LogP contribution in [0.4, 0.5) is 4.39 Å². The number of aromatic nitrogens is 4. The molecule has 0 radical (unpaired) electrons. The summed E-state index contributed by atoms with van der Waals surface area (Å²) in [6.07, 6.45) is 3.36. The van der Waals surface area contributed by atoms with Crippen LogP contribution >= 0.6 is 11.8 Å². The first-order valence-electron chi connectivity index (χ1n) is 6.86. The summed E-state index contributed by atoms with van der Waals surface area (Å²) in [6.45, 7) is 4.15. The Morgan fingerprint density at radius 1 is 1.27 bits per heavy atom. The predicted molar refractivity (Wildman–Crippen MR) is 81.9 cm³/mol. The number of halogens is 1. The van der Waals surface area contributed by atoms with Gasteiger partial charge < -0.3 is 8.98 Å². The van der Waals surface area contributed by atoms with Crippen LogP contribution in [0.1, 0.15) is 25.8 Å². The lowest BCUT2D eigenvalue weighted by Gasteiger charge is -2.08. The Kier molecular flexibility index (Phi) is 4.24. The van der Waals surface area contributed by atoms with Gasteiger partial charge in [-0.15, -0.1) is 10.2 Å². The summed E-state index contributed by atoms with van der Waals surface area (Å²) in [5.74, 6) is 1.52. The highest BCUT2D eigenvalue weighted by Crippen LogP contribution is 2.26. The summed E-state index contributed by atoms with van der Waals surface area (Å²) < 4.78 is 20.6. The molecule has 3 rings (SSSR count). The Morgan fingerprint density at radius 3 is 2.77 bits per heavy atom. The van der Waals surface area contributed by atoms with Crippen molar-refractivity contribution < 1.29 is 8.81 Å². The van der Waals surface area contributed by atoms with Gasteiger partial charge in [0.2, 0.25) is 5.89 Å². The van der Waals surface area contributed by atoms with Crippen LogP contribution in [0, 0.1) is 5.82 Å². The van der Waals surface area contributed by atoms with E-state index in [9.17, 15) is 4.39 Å². The van der Waals surface area contributed by atoms with Gasteiger partial charge in [0.25, 0.3) is 0 Å². The normalized spacial score (nSPS) is 11.3. The lowest BCUT2D eigenvalue weighted by Crippen LogP contribution is -2.00. The Balaban J connectivity index is 1.69. The fourth-order valence-corrected chi connectivity index (χ4v) is 2.84. The molecule has 0 bridgehead atoms. The van der Waals surface area contributed by atoms with Crippen molar-refractivity contribution in [3.63, 3.8) is 0 Å². The molecule has 0 N–H and O–H groups in total. The van der Waals surface area contributed by atoms with E-state index in [4.69, 9.17) is 4.42 Å². The van der Waals surface area contributed by atoms with Crippen molar-refractivity contribution in [3.05, 3.63) is 48.5 Å². The highest BCUT2D eigenvalue weighted by molar-refractivity contribution is 7.98. The van der Waals surface area contributed by atoms with Crippen LogP contribution in [-0.2, 0) is 5.75 Å². The van der Waals surface area contributed by atoms with E-state index in [1.807, 2.05) is 4.57 Å². The van der Waals surface area contributed by atoms with Crippen molar-refractivity contribution in [1.82, 2.24) is 19.7 Å². The molecule has 0 unspecified atom stereocenters. The van der Waals surface area contributed by atoms with Gasteiger partial charge in [-0.05, 0) is 38.1 Å². The molecule has 0 spiro atoms. The number of nitrogens with zero attached hydrogens (tertiary/aromatic N) is 4. The molecular weight excluding hydrogens is 303 g/mol. The minimum absolute atomic E-state index is 0.271. The van der Waals surface area contributed by atoms with Gasteiger partial charge in [-0.3, -0.25) is 0 Å². The van der Waals surface area contributed by atoms with E-state index in [1.165, 1.54) is 23.9 Å². The molecule has 2 aromatic heterocycles. The zero-order chi connectivity index (χ0) is 15.5. The van der Waals surface area contributed by atoms with E-state index >= 15 is 0 Å². The fraction of sp³-hybridized carbons (Fsp3) is 0.267. The van der Waals surface area contributed by atoms with Crippen molar-refractivity contribution >= 4 is 11.8 Å². The van der Waals surface area contributed by atoms with E-state index < -0.39 is 0 Å². The number of benzene rings is 1. The molecule has 0 aliphatic carbocycles. The fourth-order valence-electron chi connectivity index (χ4n) is 1.94. The summed E-state index contributed by atoms with van der Waals surface area (Å²) in [6, 6.07) is 6.44. The van der Waals surface area contributed by atoms with Gasteiger partial charge in [-0.1, -0.05) is 11.8 Å². The molecule has 0 saturated carbocycles. The summed E-state index contributed by atoms with van der Waals surface area (Å²) in [7, 11) is 0. The summed E-state index contributed by atoms with van der Waals surface area (Å²) in [4.78, 5) is 4.25. The van der Waals surface area contributed by atoms with Gasteiger partial charge in [-0.25, -0.2) is 9.37 Å². The van der Waals surface area contributed by atoms with Gasteiger partial charge >= 0.3 is 0 Å². The van der Waals surface area contributed by atoms with Crippen LogP contribution in [0.3, 0.4) is 0 Å². The van der Waals surface area contributed by atoms with Crippen molar-refractivity contribution in [2.24, 2.45) is 0 Å². The molecular formula is C15H15FN4OS. The Hall–Kier alpha value is -2.15. The lowest BCUT2D eigenvalue weighted by atomic mass is 10.2. The topological polar surface area (TPSA) is 56.7 Å². The Bertz CT molecular complexity index is 751. The van der Waals surface area contributed by atoms with Crippen LogP contribution in [-0.4, -0.2) is 19.7 Å². The van der Waals surface area contributed by atoms with Gasteiger partial charge in [0.15, 0.2) is 10.9 Å². The van der Waals surface area contributed by atoms with E-state index in [0.29, 0.717) is 23.4 Å². The average Bonchev–Trinajstić information content (AvgIpc) is 3.15. The van der Waals surface area contributed by atoms with Crippen molar-refractivity contribution in [2.75, 3.05) is 0 Å². The first-order chi connectivity index (χ1) is 10.6. The van der Waals surface area contributed by atoms with Crippen LogP contribution in [0.2, 0.25) is 0 Å². The molecule has 22 heavy (non-hydrogen) atoms. The minimum atomic E-state index is -0.271. The molecule has 2 heterocycles. The Labute approximate surface area is 131 Å². The van der Waals surface area contributed by atoms with Crippen molar-refractivity contribution in [1.29, 1.82) is 0 Å². The third kappa shape index (κ3) is 3.19. The molecule has 0 aliphatic rings. The first kappa shape index (κ1) is 14.8. The van der Waals surface area contributed by atoms with Gasteiger partial charge in [0.05, 0.1) is 11.9 Å². The smallest absolute Gasteiger partial charge is 0.205 e. The van der Waals surface area contributed by atoms with Gasteiger partial charge in [0.1, 0.15) is 12.1 Å². The second kappa shape index (κ2) is 6.31. The maximum Gasteiger partial charge on any atom is 0.205 e. The predicted octanol–water partition coefficient (Wildman–Crippen LogP) is 3.95. The highest BCUT2D eigenvalue weighted by atomic mass is 32.2. The van der Waals surface area contributed by atoms with Crippen molar-refractivity contribution in [2.45, 2.75) is 30.8 Å². The van der Waals surface area contributed by atoms with E-state index in [0.717, 1.165) is 10.7 Å². The van der Waals surface area contributed by atoms with Crippen LogP contribution in [0.25, 0.3) is 11.3 Å². The largest absolute Gasteiger partial charge is 0.440 e. The summed E-state index contributed by atoms with van der Waals surface area (Å²) >= 11 is 1.52. The number of oxazole rings is 1. The molecule has 0 aliphatic heterocycles. The quantitative estimate of drug-likeness (QED) is 0.667. The average molecular weight is 318 g/mol. The number of thioether (sulfide) groups is 1. The van der Waals surface area contributed by atoms with E-state index in [1.54, 1.807) is 24.7 Å². The second-order valence-corrected chi connectivity index (χ2v) is 5.97. The van der Waals surface area contributed by atoms with Crippen molar-refractivity contribution in [3.8, 4) is 11.3 Å². The van der Waals surface area contributed by atoms with E-state index in [2.05, 4.69) is 29.0 Å². The van der Waals surface area contributed by atoms with Crippen LogP contribution in [0.15, 0.2) is 46.4 Å². The summed E-state index contributed by atoms with van der Waals surface area (Å²) in [5, 5.41) is 8.84. The Morgan fingerprint density at radius 2 is 2.05 bits per heavy atom. The molecule has 0 atom stereocenters. The highest BCUT2D eigenvalue weighted by Gasteiger charge is 2.11. The zero-order valence-electron chi connectivity index (χ0n) is 12.2. The molecule has 1 aromatic carbocycles. The molecule has 3 aromatic rings. The zero-order valence-corrected chi connectivity index (χ0v) is 13.0. The SMILES string of the molecule is CC(C)n1cnnc1SCc1ncc(-c2ccc(F)cc2)o1. The number of hydrogen-bond donors (Lipinski definition) is 0. The third-order valence-electron chi connectivity index (χ3n) is 3.10. The molecule has 0 amide bonds. The lowest BCUT2D eigenvalue weighted by molar-refractivity contribution is 0.527. The third-order valence-corrected chi connectivity index (χ3v) is 4.05. The van der Waals surface area contributed by atoms with Gasteiger partial charge in [-0.2, -0.15) is 0 Å². The molecule has 5 nitrogen and oxygen atoms in total. The van der Waals surface area contributed by atoms with E-state index in [-0.39, 0.29) is 5.82 Å².